The zero-order valence-corrected chi connectivity index (χ0v) is 9.13. The Hall–Kier alpha value is -0.0400. The Kier molecular flexibility index (Phi) is 2.92. The summed E-state index contributed by atoms with van der Waals surface area (Å²) in [6.07, 6.45) is 7.36. The van der Waals surface area contributed by atoms with E-state index < -0.39 is 0 Å². The molecule has 1 saturated carbocycles. The van der Waals surface area contributed by atoms with Crippen LogP contribution in [-0.4, -0.2) is 24.0 Å². The van der Waals surface area contributed by atoms with Gasteiger partial charge in [0.1, 0.15) is 0 Å². The number of likely N-dealkylation sites (tertiary alicyclic amines) is 1. The fourth-order valence-corrected chi connectivity index (χ4v) is 2.81. The number of hydrogen-bond acceptors (Lipinski definition) is 1. The van der Waals surface area contributed by atoms with Crippen molar-refractivity contribution < 1.29 is 0 Å². The SMILES string of the molecule is CC(C)CC1CCN(C2CCC2)C1. The van der Waals surface area contributed by atoms with Crippen molar-refractivity contribution in [3.8, 4) is 0 Å². The molecular formula is C12H23N. The van der Waals surface area contributed by atoms with Crippen molar-refractivity contribution in [2.75, 3.05) is 13.1 Å². The summed E-state index contributed by atoms with van der Waals surface area (Å²) >= 11 is 0. The van der Waals surface area contributed by atoms with E-state index in [1.807, 2.05) is 0 Å². The van der Waals surface area contributed by atoms with Crippen LogP contribution in [0.15, 0.2) is 0 Å². The highest BCUT2D eigenvalue weighted by molar-refractivity contribution is 4.86. The Morgan fingerprint density at radius 2 is 2.00 bits per heavy atom. The minimum absolute atomic E-state index is 0.895. The van der Waals surface area contributed by atoms with Crippen molar-refractivity contribution in [2.24, 2.45) is 11.8 Å². The van der Waals surface area contributed by atoms with Crippen LogP contribution in [0.25, 0.3) is 0 Å². The Bertz CT molecular complexity index is 161. The van der Waals surface area contributed by atoms with Crippen molar-refractivity contribution in [1.82, 2.24) is 4.90 Å². The molecule has 0 aromatic carbocycles. The summed E-state index contributed by atoms with van der Waals surface area (Å²) in [4.78, 5) is 2.75. The smallest absolute Gasteiger partial charge is 0.00953 e. The van der Waals surface area contributed by atoms with E-state index in [1.54, 1.807) is 0 Å². The summed E-state index contributed by atoms with van der Waals surface area (Å²) in [5, 5.41) is 0. The lowest BCUT2D eigenvalue weighted by molar-refractivity contribution is 0.151. The van der Waals surface area contributed by atoms with Crippen LogP contribution in [0.1, 0.15) is 46.0 Å². The molecule has 0 radical (unpaired) electrons. The minimum Gasteiger partial charge on any atom is -0.300 e. The van der Waals surface area contributed by atoms with Crippen LogP contribution >= 0.6 is 0 Å². The summed E-state index contributed by atoms with van der Waals surface area (Å²) in [7, 11) is 0. The van der Waals surface area contributed by atoms with Crippen molar-refractivity contribution in [3.05, 3.63) is 0 Å². The summed E-state index contributed by atoms with van der Waals surface area (Å²) in [6, 6.07) is 0.983. The first kappa shape index (κ1) is 9.51. The second kappa shape index (κ2) is 4.00. The van der Waals surface area contributed by atoms with E-state index >= 15 is 0 Å². The molecule has 13 heavy (non-hydrogen) atoms. The van der Waals surface area contributed by atoms with Crippen molar-refractivity contribution >= 4 is 0 Å². The van der Waals surface area contributed by atoms with Crippen LogP contribution in [-0.2, 0) is 0 Å². The second-order valence-corrected chi connectivity index (χ2v) is 5.36. The fourth-order valence-electron chi connectivity index (χ4n) is 2.81. The highest BCUT2D eigenvalue weighted by Crippen LogP contribution is 2.31. The molecule has 1 heteroatoms. The standard InChI is InChI=1S/C12H23N/c1-10(2)8-11-6-7-13(9-11)12-4-3-5-12/h10-12H,3-9H2,1-2H3. The van der Waals surface area contributed by atoms with Crippen molar-refractivity contribution in [2.45, 2.75) is 52.0 Å². The van der Waals surface area contributed by atoms with Gasteiger partial charge in [0.2, 0.25) is 0 Å². The van der Waals surface area contributed by atoms with Gasteiger partial charge in [0.25, 0.3) is 0 Å². The lowest BCUT2D eigenvalue weighted by atomic mass is 9.91. The van der Waals surface area contributed by atoms with Gasteiger partial charge in [-0.25, -0.2) is 0 Å². The molecule has 1 aliphatic heterocycles. The van der Waals surface area contributed by atoms with Crippen LogP contribution in [0.3, 0.4) is 0 Å². The molecule has 76 valence electrons. The average molecular weight is 181 g/mol. The molecule has 2 rings (SSSR count). The normalized spacial score (nSPS) is 31.2. The first-order valence-electron chi connectivity index (χ1n) is 5.99. The second-order valence-electron chi connectivity index (χ2n) is 5.36. The zero-order valence-electron chi connectivity index (χ0n) is 9.13. The molecule has 0 spiro atoms. The van der Waals surface area contributed by atoms with E-state index in [1.165, 1.54) is 45.2 Å². The molecule has 1 aliphatic carbocycles. The van der Waals surface area contributed by atoms with Gasteiger partial charge in [-0.15, -0.1) is 0 Å². The molecule has 0 amide bonds. The van der Waals surface area contributed by atoms with Gasteiger partial charge in [0.15, 0.2) is 0 Å². The van der Waals surface area contributed by atoms with Gasteiger partial charge in [0, 0.05) is 12.6 Å². The van der Waals surface area contributed by atoms with Gasteiger partial charge in [-0.3, -0.25) is 0 Å². The average Bonchev–Trinajstić information content (AvgIpc) is 2.31. The third kappa shape index (κ3) is 2.25. The maximum atomic E-state index is 2.75. The summed E-state index contributed by atoms with van der Waals surface area (Å²) in [6.45, 7) is 7.50. The van der Waals surface area contributed by atoms with Crippen LogP contribution < -0.4 is 0 Å². The van der Waals surface area contributed by atoms with E-state index in [0.717, 1.165) is 17.9 Å². The minimum atomic E-state index is 0.895. The lowest BCUT2D eigenvalue weighted by Gasteiger charge is -2.34. The first-order valence-corrected chi connectivity index (χ1v) is 5.99. The van der Waals surface area contributed by atoms with E-state index in [-0.39, 0.29) is 0 Å². The van der Waals surface area contributed by atoms with Crippen LogP contribution in [0.4, 0.5) is 0 Å². The topological polar surface area (TPSA) is 3.24 Å². The Morgan fingerprint density at radius 1 is 1.23 bits per heavy atom. The fraction of sp³-hybridized carbons (Fsp3) is 1.00. The molecule has 1 atom stereocenters. The molecule has 2 aliphatic rings. The highest BCUT2D eigenvalue weighted by Gasteiger charge is 2.31. The molecule has 1 nitrogen and oxygen atoms in total. The molecular weight excluding hydrogens is 158 g/mol. The zero-order chi connectivity index (χ0) is 9.26. The molecule has 2 fully saturated rings. The van der Waals surface area contributed by atoms with Crippen LogP contribution in [0.2, 0.25) is 0 Å². The highest BCUT2D eigenvalue weighted by atomic mass is 15.2. The molecule has 0 N–H and O–H groups in total. The molecule has 0 bridgehead atoms. The van der Waals surface area contributed by atoms with Crippen LogP contribution in [0.5, 0.6) is 0 Å². The largest absolute Gasteiger partial charge is 0.300 e. The number of hydrogen-bond donors (Lipinski definition) is 0. The molecule has 1 saturated heterocycles. The molecule has 1 heterocycles. The van der Waals surface area contributed by atoms with Crippen LogP contribution in [0, 0.1) is 11.8 Å². The molecule has 1 unspecified atom stereocenters. The molecule has 0 aromatic rings. The van der Waals surface area contributed by atoms with E-state index in [2.05, 4.69) is 18.7 Å². The monoisotopic (exact) mass is 181 g/mol. The van der Waals surface area contributed by atoms with E-state index in [0.29, 0.717) is 0 Å². The number of rotatable bonds is 3. The third-order valence-electron chi connectivity index (χ3n) is 3.71. The van der Waals surface area contributed by atoms with Gasteiger partial charge in [-0.05, 0) is 44.1 Å². The maximum absolute atomic E-state index is 2.75. The quantitative estimate of drug-likeness (QED) is 0.647. The van der Waals surface area contributed by atoms with Gasteiger partial charge < -0.3 is 4.90 Å². The van der Waals surface area contributed by atoms with Crippen molar-refractivity contribution in [1.29, 1.82) is 0 Å². The van der Waals surface area contributed by atoms with Gasteiger partial charge in [-0.2, -0.15) is 0 Å². The Balaban J connectivity index is 1.73. The van der Waals surface area contributed by atoms with Crippen molar-refractivity contribution in [3.63, 3.8) is 0 Å². The molecule has 0 aromatic heterocycles. The summed E-state index contributed by atoms with van der Waals surface area (Å²) in [5.41, 5.74) is 0. The van der Waals surface area contributed by atoms with Gasteiger partial charge in [0.05, 0.1) is 0 Å². The maximum Gasteiger partial charge on any atom is 0.00953 e. The van der Waals surface area contributed by atoms with Gasteiger partial charge >= 0.3 is 0 Å². The third-order valence-corrected chi connectivity index (χ3v) is 3.71. The van der Waals surface area contributed by atoms with E-state index in [4.69, 9.17) is 0 Å². The predicted octanol–water partition coefficient (Wildman–Crippen LogP) is 2.91. The summed E-state index contributed by atoms with van der Waals surface area (Å²) in [5.74, 6) is 1.91. The van der Waals surface area contributed by atoms with E-state index in [9.17, 15) is 0 Å². The number of nitrogens with zero attached hydrogens (tertiary/aromatic N) is 1. The Morgan fingerprint density at radius 3 is 2.54 bits per heavy atom. The predicted molar refractivity (Wildman–Crippen MR) is 56.8 cm³/mol. The lowest BCUT2D eigenvalue weighted by Crippen LogP contribution is -2.38. The summed E-state index contributed by atoms with van der Waals surface area (Å²) < 4.78 is 0. The Labute approximate surface area is 82.5 Å². The first-order chi connectivity index (χ1) is 6.25. The van der Waals surface area contributed by atoms with Gasteiger partial charge in [-0.1, -0.05) is 20.3 Å².